The number of anilines is 1. The van der Waals surface area contributed by atoms with Gasteiger partial charge in [0, 0.05) is 31.1 Å². The molecule has 2 amide bonds. The van der Waals surface area contributed by atoms with Crippen LogP contribution in [-0.4, -0.2) is 57.1 Å². The molecule has 0 aliphatic rings. The Kier molecular flexibility index (Phi) is 11.2. The second-order valence-electron chi connectivity index (χ2n) is 9.46. The molecule has 0 spiro atoms. The minimum atomic E-state index is -3.58. The highest BCUT2D eigenvalue weighted by molar-refractivity contribution is 7.92. The lowest BCUT2D eigenvalue weighted by atomic mass is 10.1. The fourth-order valence-corrected chi connectivity index (χ4v) is 5.06. The molecule has 1 atom stereocenters. The van der Waals surface area contributed by atoms with Crippen molar-refractivity contribution < 1.29 is 18.0 Å². The van der Waals surface area contributed by atoms with Gasteiger partial charge in [-0.3, -0.25) is 13.9 Å². The van der Waals surface area contributed by atoms with Crippen molar-refractivity contribution in [2.75, 3.05) is 30.2 Å². The normalized spacial score (nSPS) is 12.3. The number of sulfonamides is 1. The van der Waals surface area contributed by atoms with Gasteiger partial charge in [0.1, 0.15) is 6.04 Å². The maximum Gasteiger partial charge on any atom is 0.242 e. The van der Waals surface area contributed by atoms with E-state index in [0.717, 1.165) is 11.8 Å². The first-order valence-electron chi connectivity index (χ1n) is 12.3. The predicted octanol–water partition coefficient (Wildman–Crippen LogP) is 4.43. The maximum atomic E-state index is 13.3. The van der Waals surface area contributed by atoms with Gasteiger partial charge >= 0.3 is 0 Å². The van der Waals surface area contributed by atoms with Gasteiger partial charge < -0.3 is 10.2 Å². The molecule has 2 rings (SSSR count). The number of carbonyl (C=O) groups is 2. The first-order chi connectivity index (χ1) is 16.9. The van der Waals surface area contributed by atoms with E-state index in [0.29, 0.717) is 48.1 Å². The van der Waals surface area contributed by atoms with Crippen molar-refractivity contribution in [1.29, 1.82) is 0 Å². The zero-order chi connectivity index (χ0) is 26.9. The summed E-state index contributed by atoms with van der Waals surface area (Å²) in [6.07, 6.45) is 2.18. The Hall–Kier alpha value is -2.58. The minimum Gasteiger partial charge on any atom is -0.354 e. The zero-order valence-corrected chi connectivity index (χ0v) is 23.4. The summed E-state index contributed by atoms with van der Waals surface area (Å²) in [4.78, 5) is 27.7. The van der Waals surface area contributed by atoms with Gasteiger partial charge in [-0.05, 0) is 55.9 Å². The van der Waals surface area contributed by atoms with Gasteiger partial charge in [0.05, 0.1) is 11.9 Å². The molecular weight excluding hydrogens is 498 g/mol. The molecule has 0 saturated heterocycles. The lowest BCUT2D eigenvalue weighted by Crippen LogP contribution is -2.49. The van der Waals surface area contributed by atoms with Crippen molar-refractivity contribution in [1.82, 2.24) is 10.2 Å². The molecule has 0 bridgehead atoms. The third kappa shape index (κ3) is 8.82. The van der Waals surface area contributed by atoms with E-state index in [1.165, 1.54) is 4.31 Å². The van der Waals surface area contributed by atoms with Gasteiger partial charge in [-0.15, -0.1) is 0 Å². The maximum absolute atomic E-state index is 13.3. The summed E-state index contributed by atoms with van der Waals surface area (Å²) in [6.45, 7) is 8.58. The van der Waals surface area contributed by atoms with Crippen LogP contribution in [-0.2, 0) is 26.0 Å². The fraction of sp³-hybridized carbons (Fsp3) is 0.481. The third-order valence-corrected chi connectivity index (χ3v) is 7.59. The molecule has 0 aromatic heterocycles. The summed E-state index contributed by atoms with van der Waals surface area (Å²) in [5, 5.41) is 3.39. The van der Waals surface area contributed by atoms with Crippen LogP contribution in [0.5, 0.6) is 0 Å². The Morgan fingerprint density at radius 2 is 1.67 bits per heavy atom. The molecule has 0 aliphatic carbocycles. The number of hydrogen-bond donors (Lipinski definition) is 1. The molecule has 0 aliphatic heterocycles. The molecular formula is C27H38ClN3O4S. The Bertz CT molecular complexity index is 1120. The van der Waals surface area contributed by atoms with Gasteiger partial charge in [-0.2, -0.15) is 0 Å². The Morgan fingerprint density at radius 1 is 1.00 bits per heavy atom. The standard InChI is InChI=1S/C27H38ClN3O4S/c1-20(2)19-29-27(33)22(4)30(18-16-23-11-7-6-8-12-23)26(32)15-10-17-31(36(5,34)35)25-14-9-13-24(28)21(25)3/h6-9,11-14,20,22H,10,15-19H2,1-5H3,(H,29,33)/t22-/m0/s1. The van der Waals surface area contributed by atoms with Gasteiger partial charge in [0.25, 0.3) is 0 Å². The molecule has 0 fully saturated rings. The second kappa shape index (κ2) is 13.7. The summed E-state index contributed by atoms with van der Waals surface area (Å²) in [7, 11) is -3.58. The smallest absolute Gasteiger partial charge is 0.242 e. The van der Waals surface area contributed by atoms with Crippen molar-refractivity contribution in [3.8, 4) is 0 Å². The average Bonchev–Trinajstić information content (AvgIpc) is 2.82. The van der Waals surface area contributed by atoms with Crippen LogP contribution in [0.25, 0.3) is 0 Å². The van der Waals surface area contributed by atoms with E-state index in [9.17, 15) is 18.0 Å². The molecule has 7 nitrogen and oxygen atoms in total. The molecule has 0 unspecified atom stereocenters. The van der Waals surface area contributed by atoms with Crippen molar-refractivity contribution >= 4 is 39.1 Å². The summed E-state index contributed by atoms with van der Waals surface area (Å²) in [5.74, 6) is -0.0848. The largest absolute Gasteiger partial charge is 0.354 e. The number of benzene rings is 2. The first-order valence-corrected chi connectivity index (χ1v) is 14.5. The van der Waals surface area contributed by atoms with Crippen LogP contribution in [0.1, 0.15) is 44.7 Å². The van der Waals surface area contributed by atoms with E-state index >= 15 is 0 Å². The molecule has 0 radical (unpaired) electrons. The second-order valence-corrected chi connectivity index (χ2v) is 11.8. The van der Waals surface area contributed by atoms with Crippen LogP contribution in [0.2, 0.25) is 5.02 Å². The summed E-state index contributed by atoms with van der Waals surface area (Å²) in [6, 6.07) is 14.3. The number of amides is 2. The van der Waals surface area contributed by atoms with Gasteiger partial charge in [0.2, 0.25) is 21.8 Å². The third-order valence-electron chi connectivity index (χ3n) is 6.00. The summed E-state index contributed by atoms with van der Waals surface area (Å²) >= 11 is 6.21. The molecule has 2 aromatic rings. The van der Waals surface area contributed by atoms with Crippen molar-refractivity contribution in [2.24, 2.45) is 5.92 Å². The fourth-order valence-electron chi connectivity index (χ4n) is 3.87. The molecule has 9 heteroatoms. The Balaban J connectivity index is 2.13. The van der Waals surface area contributed by atoms with Crippen molar-refractivity contribution in [3.05, 3.63) is 64.7 Å². The number of rotatable bonds is 13. The van der Waals surface area contributed by atoms with Crippen LogP contribution in [0.15, 0.2) is 48.5 Å². The van der Waals surface area contributed by atoms with Gasteiger partial charge in [-0.25, -0.2) is 8.42 Å². The van der Waals surface area contributed by atoms with E-state index in [1.54, 1.807) is 36.9 Å². The van der Waals surface area contributed by atoms with Crippen molar-refractivity contribution in [2.45, 2.75) is 53.0 Å². The lowest BCUT2D eigenvalue weighted by molar-refractivity contribution is -0.140. The minimum absolute atomic E-state index is 0.113. The lowest BCUT2D eigenvalue weighted by Gasteiger charge is -2.30. The number of carbonyl (C=O) groups excluding carboxylic acids is 2. The highest BCUT2D eigenvalue weighted by Gasteiger charge is 2.26. The monoisotopic (exact) mass is 535 g/mol. The van der Waals surface area contributed by atoms with Crippen LogP contribution in [0, 0.1) is 12.8 Å². The van der Waals surface area contributed by atoms with Gasteiger partial charge in [-0.1, -0.05) is 61.8 Å². The predicted molar refractivity (Wildman–Crippen MR) is 147 cm³/mol. The van der Waals surface area contributed by atoms with Crippen LogP contribution in [0.4, 0.5) is 5.69 Å². The zero-order valence-electron chi connectivity index (χ0n) is 21.8. The van der Waals surface area contributed by atoms with Crippen LogP contribution in [0.3, 0.4) is 0 Å². The Labute approximate surface area is 220 Å². The highest BCUT2D eigenvalue weighted by atomic mass is 35.5. The summed E-state index contributed by atoms with van der Waals surface area (Å²) < 4.78 is 26.3. The Morgan fingerprint density at radius 3 is 2.28 bits per heavy atom. The molecule has 0 saturated carbocycles. The van der Waals surface area contributed by atoms with E-state index in [4.69, 9.17) is 11.6 Å². The number of nitrogens with zero attached hydrogens (tertiary/aromatic N) is 2. The first kappa shape index (κ1) is 29.6. The number of hydrogen-bond acceptors (Lipinski definition) is 4. The average molecular weight is 536 g/mol. The quantitative estimate of drug-likeness (QED) is 0.411. The topological polar surface area (TPSA) is 86.8 Å². The highest BCUT2D eigenvalue weighted by Crippen LogP contribution is 2.28. The van der Waals surface area contributed by atoms with E-state index in [-0.39, 0.29) is 24.8 Å². The molecule has 0 heterocycles. The van der Waals surface area contributed by atoms with E-state index in [1.807, 2.05) is 44.2 Å². The van der Waals surface area contributed by atoms with E-state index in [2.05, 4.69) is 5.32 Å². The van der Waals surface area contributed by atoms with Crippen LogP contribution < -0.4 is 9.62 Å². The summed E-state index contributed by atoms with van der Waals surface area (Å²) in [5.41, 5.74) is 2.24. The van der Waals surface area contributed by atoms with E-state index < -0.39 is 16.1 Å². The molecule has 36 heavy (non-hydrogen) atoms. The molecule has 2 aromatic carbocycles. The van der Waals surface area contributed by atoms with Crippen LogP contribution >= 0.6 is 11.6 Å². The number of nitrogens with one attached hydrogen (secondary N) is 1. The van der Waals surface area contributed by atoms with Crippen molar-refractivity contribution in [3.63, 3.8) is 0 Å². The van der Waals surface area contributed by atoms with Gasteiger partial charge in [0.15, 0.2) is 0 Å². The molecule has 1 N–H and O–H groups in total. The SMILES string of the molecule is Cc1c(Cl)cccc1N(CCCC(=O)N(CCc1ccccc1)[C@@H](C)C(=O)NCC(C)C)S(C)(=O)=O. The molecule has 198 valence electrons. The number of halogens is 1.